The highest BCUT2D eigenvalue weighted by atomic mass is 35.5. The predicted octanol–water partition coefficient (Wildman–Crippen LogP) is 5.03. The third-order valence-electron chi connectivity index (χ3n) is 5.83. The molecule has 0 saturated heterocycles. The molecular formula is C27H25ClFN7O2. The summed E-state index contributed by atoms with van der Waals surface area (Å²) in [6, 6.07) is 15.3. The lowest BCUT2D eigenvalue weighted by Crippen LogP contribution is -2.30. The lowest BCUT2D eigenvalue weighted by Gasteiger charge is -2.14. The second-order valence-electron chi connectivity index (χ2n) is 8.45. The first-order chi connectivity index (χ1) is 18.5. The topological polar surface area (TPSA) is 105 Å². The zero-order valence-electron chi connectivity index (χ0n) is 20.8. The fourth-order valence-electron chi connectivity index (χ4n) is 3.93. The maximum atomic E-state index is 13.4. The maximum absolute atomic E-state index is 13.4. The van der Waals surface area contributed by atoms with Gasteiger partial charge in [0.25, 0.3) is 0 Å². The lowest BCUT2D eigenvalue weighted by atomic mass is 10.1. The van der Waals surface area contributed by atoms with E-state index in [2.05, 4.69) is 36.1 Å². The van der Waals surface area contributed by atoms with Crippen molar-refractivity contribution in [3.63, 3.8) is 0 Å². The summed E-state index contributed by atoms with van der Waals surface area (Å²) in [6.07, 6.45) is 1.48. The SMILES string of the molecule is COc1cc2ncnc(Nc3ccc(OCc4cccc(F)c4)c(Cl)c3)c2cc1C(C)=NNC1=NCCN1. The van der Waals surface area contributed by atoms with Crippen LogP contribution in [0.25, 0.3) is 10.9 Å². The van der Waals surface area contributed by atoms with Crippen LogP contribution in [-0.2, 0) is 6.61 Å². The van der Waals surface area contributed by atoms with Crippen LogP contribution in [0.5, 0.6) is 11.5 Å². The first-order valence-electron chi connectivity index (χ1n) is 11.9. The molecule has 11 heteroatoms. The van der Waals surface area contributed by atoms with Crippen LogP contribution in [0.3, 0.4) is 0 Å². The Morgan fingerprint density at radius 2 is 2.03 bits per heavy atom. The van der Waals surface area contributed by atoms with Gasteiger partial charge in [0.05, 0.1) is 29.9 Å². The highest BCUT2D eigenvalue weighted by Crippen LogP contribution is 2.33. The molecule has 0 atom stereocenters. The van der Waals surface area contributed by atoms with E-state index in [0.29, 0.717) is 57.3 Å². The summed E-state index contributed by atoms with van der Waals surface area (Å²) in [7, 11) is 1.61. The molecule has 1 aliphatic rings. The minimum absolute atomic E-state index is 0.199. The van der Waals surface area contributed by atoms with Crippen LogP contribution in [0, 0.1) is 5.82 Å². The van der Waals surface area contributed by atoms with Gasteiger partial charge in [-0.25, -0.2) is 24.8 Å². The molecule has 38 heavy (non-hydrogen) atoms. The van der Waals surface area contributed by atoms with Gasteiger partial charge in [0.1, 0.15) is 36.1 Å². The third kappa shape index (κ3) is 5.76. The molecule has 2 heterocycles. The van der Waals surface area contributed by atoms with E-state index in [1.807, 2.05) is 25.1 Å². The van der Waals surface area contributed by atoms with Crippen molar-refractivity contribution in [2.45, 2.75) is 13.5 Å². The minimum Gasteiger partial charge on any atom is -0.496 e. The van der Waals surface area contributed by atoms with Gasteiger partial charge in [0.2, 0.25) is 5.96 Å². The summed E-state index contributed by atoms with van der Waals surface area (Å²) in [5.74, 6) is 2.03. The molecule has 0 saturated carbocycles. The number of guanidine groups is 1. The number of ether oxygens (including phenoxy) is 2. The van der Waals surface area contributed by atoms with Gasteiger partial charge in [-0.15, -0.1) is 0 Å². The number of nitrogens with one attached hydrogen (secondary N) is 3. The number of fused-ring (bicyclic) bond motifs is 1. The number of benzene rings is 3. The first-order valence-corrected chi connectivity index (χ1v) is 12.2. The quantitative estimate of drug-likeness (QED) is 0.215. The highest BCUT2D eigenvalue weighted by molar-refractivity contribution is 6.32. The number of hydrogen-bond acceptors (Lipinski definition) is 9. The Hall–Kier alpha value is -4.44. The molecule has 5 rings (SSSR count). The Labute approximate surface area is 223 Å². The van der Waals surface area contributed by atoms with Crippen LogP contribution in [0.15, 0.2) is 71.0 Å². The van der Waals surface area contributed by atoms with Gasteiger partial charge in [-0.05, 0) is 48.9 Å². The van der Waals surface area contributed by atoms with Crippen molar-refractivity contribution in [1.82, 2.24) is 20.7 Å². The number of methoxy groups -OCH3 is 1. The zero-order valence-corrected chi connectivity index (χ0v) is 21.5. The number of aromatic nitrogens is 2. The van der Waals surface area contributed by atoms with Gasteiger partial charge < -0.3 is 20.1 Å². The Morgan fingerprint density at radius 1 is 1.13 bits per heavy atom. The van der Waals surface area contributed by atoms with Crippen LogP contribution < -0.4 is 25.5 Å². The van der Waals surface area contributed by atoms with Crippen molar-refractivity contribution in [3.8, 4) is 11.5 Å². The van der Waals surface area contributed by atoms with E-state index in [4.69, 9.17) is 21.1 Å². The van der Waals surface area contributed by atoms with Crippen molar-refractivity contribution < 1.29 is 13.9 Å². The summed E-state index contributed by atoms with van der Waals surface area (Å²) < 4.78 is 24.8. The number of rotatable bonds is 8. The number of nitrogens with zero attached hydrogens (tertiary/aromatic N) is 4. The van der Waals surface area contributed by atoms with Crippen LogP contribution >= 0.6 is 11.6 Å². The van der Waals surface area contributed by atoms with Crippen molar-refractivity contribution in [2.75, 3.05) is 25.5 Å². The molecule has 3 N–H and O–H groups in total. The summed E-state index contributed by atoms with van der Waals surface area (Å²) >= 11 is 6.48. The molecule has 1 aromatic heterocycles. The molecule has 0 unspecified atom stereocenters. The van der Waals surface area contributed by atoms with Gasteiger partial charge in [-0.3, -0.25) is 0 Å². The maximum Gasteiger partial charge on any atom is 0.212 e. The molecule has 0 aliphatic carbocycles. The smallest absolute Gasteiger partial charge is 0.212 e. The third-order valence-corrected chi connectivity index (χ3v) is 6.12. The van der Waals surface area contributed by atoms with E-state index < -0.39 is 0 Å². The van der Waals surface area contributed by atoms with E-state index in [1.54, 1.807) is 31.4 Å². The monoisotopic (exact) mass is 533 g/mol. The second kappa shape index (κ2) is 11.3. The molecule has 0 fully saturated rings. The molecule has 0 spiro atoms. The Balaban J connectivity index is 1.38. The highest BCUT2D eigenvalue weighted by Gasteiger charge is 2.14. The van der Waals surface area contributed by atoms with Gasteiger partial charge in [-0.2, -0.15) is 5.10 Å². The molecule has 9 nitrogen and oxygen atoms in total. The van der Waals surface area contributed by atoms with Gasteiger partial charge in [-0.1, -0.05) is 23.7 Å². The normalized spacial score (nSPS) is 13.2. The fourth-order valence-corrected chi connectivity index (χ4v) is 4.16. The van der Waals surface area contributed by atoms with E-state index in [0.717, 1.165) is 17.5 Å². The summed E-state index contributed by atoms with van der Waals surface area (Å²) in [6.45, 7) is 3.58. The summed E-state index contributed by atoms with van der Waals surface area (Å²) in [5, 5.41) is 12.1. The molecule has 3 aromatic carbocycles. The molecule has 0 radical (unpaired) electrons. The average molecular weight is 534 g/mol. The largest absolute Gasteiger partial charge is 0.496 e. The molecule has 0 bridgehead atoms. The van der Waals surface area contributed by atoms with Crippen molar-refractivity contribution in [2.24, 2.45) is 10.1 Å². The lowest BCUT2D eigenvalue weighted by molar-refractivity contribution is 0.306. The van der Waals surface area contributed by atoms with E-state index in [1.165, 1.54) is 18.5 Å². The molecule has 194 valence electrons. The van der Waals surface area contributed by atoms with Crippen LogP contribution in [0.2, 0.25) is 5.02 Å². The van der Waals surface area contributed by atoms with Gasteiger partial charge >= 0.3 is 0 Å². The standard InChI is InChI=1S/C27H25ClFN7O2/c1-16(35-36-27-30-8-9-31-27)20-12-21-23(13-25(20)37-2)32-15-33-26(21)34-19-6-7-24(22(28)11-19)38-14-17-4-3-5-18(29)10-17/h3-7,10-13,15H,8-9,14H2,1-2H3,(H2,30,31,36)(H,32,33,34). The first kappa shape index (κ1) is 25.2. The summed E-state index contributed by atoms with van der Waals surface area (Å²) in [4.78, 5) is 13.1. The zero-order chi connectivity index (χ0) is 26.5. The molecule has 4 aromatic rings. The number of hydrogen-bond donors (Lipinski definition) is 3. The number of halogens is 2. The second-order valence-corrected chi connectivity index (χ2v) is 8.85. The number of anilines is 2. The summed E-state index contributed by atoms with van der Waals surface area (Å²) in [5.41, 5.74) is 6.56. The van der Waals surface area contributed by atoms with E-state index in [-0.39, 0.29) is 12.4 Å². The Kier molecular flexibility index (Phi) is 7.50. The number of aliphatic imine (C=N–C) groups is 1. The fraction of sp³-hybridized carbons (Fsp3) is 0.185. The van der Waals surface area contributed by atoms with E-state index >= 15 is 0 Å². The Morgan fingerprint density at radius 3 is 2.79 bits per heavy atom. The Bertz CT molecular complexity index is 1540. The van der Waals surface area contributed by atoms with Gasteiger partial charge in [0, 0.05) is 29.2 Å². The molecule has 1 aliphatic heterocycles. The number of hydrazone groups is 1. The molecule has 0 amide bonds. The average Bonchev–Trinajstić information content (AvgIpc) is 3.44. The molecular weight excluding hydrogens is 509 g/mol. The van der Waals surface area contributed by atoms with Gasteiger partial charge in [0.15, 0.2) is 0 Å². The van der Waals surface area contributed by atoms with Crippen LogP contribution in [0.1, 0.15) is 18.1 Å². The van der Waals surface area contributed by atoms with Crippen molar-refractivity contribution in [1.29, 1.82) is 0 Å². The minimum atomic E-state index is -0.312. The predicted molar refractivity (Wildman–Crippen MR) is 147 cm³/mol. The van der Waals surface area contributed by atoms with Crippen molar-refractivity contribution >= 4 is 45.7 Å². The van der Waals surface area contributed by atoms with Crippen LogP contribution in [-0.4, -0.2) is 41.8 Å². The van der Waals surface area contributed by atoms with E-state index in [9.17, 15) is 4.39 Å². The van der Waals surface area contributed by atoms with Crippen LogP contribution in [0.4, 0.5) is 15.9 Å². The van der Waals surface area contributed by atoms with Crippen molar-refractivity contribution in [3.05, 3.63) is 82.9 Å².